The van der Waals surface area contributed by atoms with E-state index in [-0.39, 0.29) is 0 Å². The number of hydrogen-bond acceptors (Lipinski definition) is 6. The first kappa shape index (κ1) is 19.0. The van der Waals surface area contributed by atoms with Gasteiger partial charge >= 0.3 is 0 Å². The zero-order chi connectivity index (χ0) is 22.4. The van der Waals surface area contributed by atoms with Crippen LogP contribution in [0.15, 0.2) is 72.4 Å². The molecule has 10 nitrogen and oxygen atoms in total. The van der Waals surface area contributed by atoms with Gasteiger partial charge in [0.05, 0.1) is 41.4 Å². The topological polar surface area (TPSA) is 119 Å². The van der Waals surface area contributed by atoms with Crippen LogP contribution in [0.5, 0.6) is 0 Å². The van der Waals surface area contributed by atoms with Crippen LogP contribution in [-0.4, -0.2) is 44.3 Å². The van der Waals surface area contributed by atoms with Crippen LogP contribution in [-0.2, 0) is 14.1 Å². The van der Waals surface area contributed by atoms with Crippen LogP contribution in [0.4, 0.5) is 0 Å². The van der Waals surface area contributed by atoms with E-state index in [0.29, 0.717) is 17.3 Å². The second-order valence-corrected chi connectivity index (χ2v) is 7.58. The van der Waals surface area contributed by atoms with Gasteiger partial charge in [0.2, 0.25) is 0 Å². The summed E-state index contributed by atoms with van der Waals surface area (Å²) in [7, 11) is 3.92. The first-order valence-corrected chi connectivity index (χ1v) is 10.3. The predicted molar refractivity (Wildman–Crippen MR) is 122 cm³/mol. The molecule has 6 heterocycles. The molecule has 0 saturated carbocycles. The number of furan rings is 1. The second kappa shape index (κ2) is 7.45. The summed E-state index contributed by atoms with van der Waals surface area (Å²) >= 11 is 0. The Morgan fingerprint density at radius 2 is 1.91 bits per heavy atom. The molecule has 0 bridgehead atoms. The highest BCUT2D eigenvalue weighted by molar-refractivity contribution is 6.01. The highest BCUT2D eigenvalue weighted by Crippen LogP contribution is 2.46. The number of aryl methyl sites for hydroxylation is 2. The van der Waals surface area contributed by atoms with Gasteiger partial charge in [-0.1, -0.05) is 0 Å². The maximum atomic E-state index is 5.81. The number of aromatic amines is 2. The van der Waals surface area contributed by atoms with Crippen LogP contribution in [0.3, 0.4) is 0 Å². The molecule has 0 radical (unpaired) electrons. The Labute approximate surface area is 188 Å². The zero-order valence-corrected chi connectivity index (χ0v) is 17.9. The van der Waals surface area contributed by atoms with Crippen LogP contribution < -0.4 is 0 Å². The fourth-order valence-corrected chi connectivity index (χ4v) is 4.08. The summed E-state index contributed by atoms with van der Waals surface area (Å²) in [5.41, 5.74) is 5.57. The molecular formula is C23H19N9O. The zero-order valence-electron chi connectivity index (χ0n) is 17.9. The van der Waals surface area contributed by atoms with Crippen molar-refractivity contribution in [2.75, 3.05) is 0 Å². The number of pyridine rings is 1. The van der Waals surface area contributed by atoms with Gasteiger partial charge in [0.25, 0.3) is 0 Å². The van der Waals surface area contributed by atoms with E-state index >= 15 is 0 Å². The number of rotatable bonds is 5. The minimum Gasteiger partial charge on any atom is -0.463 e. The molecule has 33 heavy (non-hydrogen) atoms. The minimum absolute atomic E-state index is 0.563. The van der Waals surface area contributed by atoms with Crippen LogP contribution in [0.2, 0.25) is 0 Å². The first-order valence-electron chi connectivity index (χ1n) is 10.3. The molecule has 0 aliphatic heterocycles. The van der Waals surface area contributed by atoms with Crippen molar-refractivity contribution in [3.63, 3.8) is 0 Å². The van der Waals surface area contributed by atoms with Crippen molar-refractivity contribution in [3.05, 3.63) is 68.0 Å². The van der Waals surface area contributed by atoms with Gasteiger partial charge in [-0.3, -0.25) is 5.10 Å². The van der Waals surface area contributed by atoms with Crippen LogP contribution in [0.25, 0.3) is 56.9 Å². The average Bonchev–Trinajstić information content (AvgIpc) is 3.64. The fraction of sp³-hybridized carbons (Fsp3) is 0.0870. The van der Waals surface area contributed by atoms with Crippen molar-refractivity contribution in [1.29, 1.82) is 0 Å². The van der Waals surface area contributed by atoms with Crippen molar-refractivity contribution in [1.82, 2.24) is 44.3 Å². The highest BCUT2D eigenvalue weighted by atomic mass is 16.3. The largest absolute Gasteiger partial charge is 0.463 e. The van der Waals surface area contributed by atoms with Gasteiger partial charge in [0.1, 0.15) is 17.8 Å². The van der Waals surface area contributed by atoms with Crippen molar-refractivity contribution in [3.8, 4) is 56.9 Å². The first-order chi connectivity index (χ1) is 16.2. The smallest absolute Gasteiger partial charge is 0.158 e. The number of hydrogen-bond donors (Lipinski definition) is 2. The Hall–Kier alpha value is -4.73. The van der Waals surface area contributed by atoms with Gasteiger partial charge in [0, 0.05) is 43.8 Å². The van der Waals surface area contributed by atoms with Gasteiger partial charge in [-0.15, -0.1) is 0 Å². The van der Waals surface area contributed by atoms with Crippen molar-refractivity contribution in [2.45, 2.75) is 0 Å². The lowest BCUT2D eigenvalue weighted by Crippen LogP contribution is -2.06. The molecule has 6 aromatic rings. The Morgan fingerprint density at radius 1 is 0.970 bits per heavy atom. The monoisotopic (exact) mass is 437 g/mol. The summed E-state index contributed by atoms with van der Waals surface area (Å²) in [4.78, 5) is 22.0. The second-order valence-electron chi connectivity index (χ2n) is 7.58. The Morgan fingerprint density at radius 3 is 2.55 bits per heavy atom. The van der Waals surface area contributed by atoms with E-state index < -0.39 is 0 Å². The summed E-state index contributed by atoms with van der Waals surface area (Å²) < 4.78 is 9.74. The summed E-state index contributed by atoms with van der Waals surface area (Å²) in [6.07, 6.45) is 12.3. The standard InChI is InChI=1S/C23H19N9O/c1-31-9-8-26-23(31)18-17(15-11-24-13-32(15)2)20(14-5-3-7-25-14)29-21(16-6-4-10-33-16)19(18)22-27-12-28-30-22/h3-13,25H,1-2H3,(H,27,28,30). The molecule has 0 saturated heterocycles. The lowest BCUT2D eigenvalue weighted by Gasteiger charge is -2.20. The van der Waals surface area contributed by atoms with Gasteiger partial charge in [-0.2, -0.15) is 5.10 Å². The third-order valence-corrected chi connectivity index (χ3v) is 5.57. The molecule has 0 aromatic carbocycles. The SMILES string of the molecule is Cn1cncc1-c1c(-c2ccc[nH]2)nc(-c2ccco2)c(-c2ncn[nH]2)c1-c1nccn1C. The lowest BCUT2D eigenvalue weighted by atomic mass is 9.92. The number of H-pyrrole nitrogens is 2. The molecule has 10 heteroatoms. The average molecular weight is 437 g/mol. The molecular weight excluding hydrogens is 418 g/mol. The third kappa shape index (κ3) is 2.99. The van der Waals surface area contributed by atoms with E-state index in [0.717, 1.165) is 39.6 Å². The third-order valence-electron chi connectivity index (χ3n) is 5.57. The van der Waals surface area contributed by atoms with E-state index in [1.54, 1.807) is 18.8 Å². The quantitative estimate of drug-likeness (QED) is 0.422. The fourth-order valence-electron chi connectivity index (χ4n) is 4.08. The molecule has 0 fully saturated rings. The molecule has 2 N–H and O–H groups in total. The normalized spacial score (nSPS) is 11.3. The number of aromatic nitrogens is 9. The maximum absolute atomic E-state index is 5.81. The summed E-state index contributed by atoms with van der Waals surface area (Å²) in [6.45, 7) is 0. The molecule has 0 amide bonds. The van der Waals surface area contributed by atoms with Gasteiger partial charge in [0.15, 0.2) is 11.6 Å². The predicted octanol–water partition coefficient (Wildman–Crippen LogP) is 3.92. The van der Waals surface area contributed by atoms with Crippen molar-refractivity contribution < 1.29 is 4.42 Å². The van der Waals surface area contributed by atoms with Crippen molar-refractivity contribution >= 4 is 0 Å². The number of nitrogens with one attached hydrogen (secondary N) is 2. The minimum atomic E-state index is 0.563. The molecule has 0 aliphatic rings. The molecule has 0 atom stereocenters. The van der Waals surface area contributed by atoms with E-state index in [2.05, 4.69) is 25.1 Å². The van der Waals surface area contributed by atoms with Gasteiger partial charge < -0.3 is 18.5 Å². The van der Waals surface area contributed by atoms with Gasteiger partial charge in [-0.05, 0) is 24.3 Å². The van der Waals surface area contributed by atoms with Crippen LogP contribution in [0.1, 0.15) is 0 Å². The van der Waals surface area contributed by atoms with Gasteiger partial charge in [-0.25, -0.2) is 19.9 Å². The highest BCUT2D eigenvalue weighted by Gasteiger charge is 2.30. The molecule has 6 rings (SSSR count). The Bertz CT molecular complexity index is 1520. The Balaban J connectivity index is 1.85. The summed E-state index contributed by atoms with van der Waals surface area (Å²) in [5.74, 6) is 1.93. The number of imidazole rings is 2. The van der Waals surface area contributed by atoms with E-state index in [9.17, 15) is 0 Å². The van der Waals surface area contributed by atoms with E-state index in [1.165, 1.54) is 6.33 Å². The van der Waals surface area contributed by atoms with Crippen LogP contribution >= 0.6 is 0 Å². The molecule has 0 aliphatic carbocycles. The molecule has 162 valence electrons. The lowest BCUT2D eigenvalue weighted by molar-refractivity contribution is 0.580. The number of nitrogens with zero attached hydrogens (tertiary/aromatic N) is 7. The van der Waals surface area contributed by atoms with E-state index in [4.69, 9.17) is 14.4 Å². The molecule has 6 aromatic heterocycles. The maximum Gasteiger partial charge on any atom is 0.158 e. The molecule has 0 spiro atoms. The van der Waals surface area contributed by atoms with E-state index in [1.807, 2.05) is 66.1 Å². The summed E-state index contributed by atoms with van der Waals surface area (Å²) in [6, 6.07) is 7.66. The van der Waals surface area contributed by atoms with Crippen molar-refractivity contribution in [2.24, 2.45) is 14.1 Å². The summed E-state index contributed by atoms with van der Waals surface area (Å²) in [5, 5.41) is 7.11. The molecule has 0 unspecified atom stereocenters. The van der Waals surface area contributed by atoms with Crippen LogP contribution in [0, 0.1) is 0 Å². The Kier molecular flexibility index (Phi) is 4.29.